The Morgan fingerprint density at radius 3 is 2.45 bits per heavy atom. The van der Waals surface area contributed by atoms with E-state index in [0.29, 0.717) is 11.3 Å². The standard InChI is InChI=1S/C27H28N2O4/c1-29-15-13-23(14-16-29)28-26(30)22(17-19-9-11-21(12-10-19)27(31)32)18-33-25-8-4-6-20-5-2-3-7-24(20)25/h2-12,17,23H,13-16,18H2,1H3,(H,28,30)(H,31,32). The van der Waals surface area contributed by atoms with Gasteiger partial charge in [0.25, 0.3) is 5.91 Å². The number of aromatic carboxylic acids is 1. The van der Waals surface area contributed by atoms with E-state index in [2.05, 4.69) is 17.3 Å². The highest BCUT2D eigenvalue weighted by Crippen LogP contribution is 2.26. The van der Waals surface area contributed by atoms with Crippen LogP contribution in [0.25, 0.3) is 16.8 Å². The van der Waals surface area contributed by atoms with Crippen LogP contribution in [0, 0.1) is 0 Å². The van der Waals surface area contributed by atoms with Crippen LogP contribution in [0.1, 0.15) is 28.8 Å². The molecule has 0 unspecified atom stereocenters. The molecule has 0 saturated carbocycles. The summed E-state index contributed by atoms with van der Waals surface area (Å²) in [7, 11) is 2.09. The number of ether oxygens (including phenoxy) is 1. The SMILES string of the molecule is CN1CCC(NC(=O)C(=Cc2ccc(C(=O)O)cc2)COc2cccc3ccccc23)CC1. The summed E-state index contributed by atoms with van der Waals surface area (Å²) in [5.41, 5.74) is 1.44. The fraction of sp³-hybridized carbons (Fsp3) is 0.259. The molecule has 2 N–H and O–H groups in total. The number of carbonyl (C=O) groups excluding carboxylic acids is 1. The van der Waals surface area contributed by atoms with Gasteiger partial charge >= 0.3 is 5.97 Å². The van der Waals surface area contributed by atoms with Crippen LogP contribution < -0.4 is 10.1 Å². The Bertz CT molecular complexity index is 1160. The molecule has 1 amide bonds. The van der Waals surface area contributed by atoms with Crippen LogP contribution in [-0.2, 0) is 4.79 Å². The van der Waals surface area contributed by atoms with Crippen molar-refractivity contribution in [2.24, 2.45) is 0 Å². The van der Waals surface area contributed by atoms with Crippen LogP contribution in [0.4, 0.5) is 0 Å². The van der Waals surface area contributed by atoms with E-state index in [1.165, 1.54) is 12.1 Å². The third-order valence-corrected chi connectivity index (χ3v) is 5.98. The number of rotatable bonds is 7. The van der Waals surface area contributed by atoms with E-state index in [1.807, 2.05) is 42.5 Å². The molecule has 3 aromatic rings. The van der Waals surface area contributed by atoms with Crippen LogP contribution in [0.2, 0.25) is 0 Å². The molecule has 0 aliphatic carbocycles. The van der Waals surface area contributed by atoms with Crippen molar-refractivity contribution in [3.8, 4) is 5.75 Å². The van der Waals surface area contributed by atoms with Crippen molar-refractivity contribution in [1.29, 1.82) is 0 Å². The maximum absolute atomic E-state index is 13.2. The second-order valence-electron chi connectivity index (χ2n) is 8.41. The van der Waals surface area contributed by atoms with Crippen LogP contribution >= 0.6 is 0 Å². The van der Waals surface area contributed by atoms with Crippen LogP contribution in [0.3, 0.4) is 0 Å². The summed E-state index contributed by atoms with van der Waals surface area (Å²) in [5, 5.41) is 14.4. The number of nitrogens with zero attached hydrogens (tertiary/aromatic N) is 1. The van der Waals surface area contributed by atoms with Gasteiger partial charge in [-0.25, -0.2) is 4.79 Å². The molecule has 1 heterocycles. The topological polar surface area (TPSA) is 78.9 Å². The predicted molar refractivity (Wildman–Crippen MR) is 129 cm³/mol. The average Bonchev–Trinajstić information content (AvgIpc) is 2.83. The first kappa shape index (κ1) is 22.6. The second kappa shape index (κ2) is 10.3. The molecule has 0 aromatic heterocycles. The van der Waals surface area contributed by atoms with Gasteiger partial charge in [0.05, 0.1) is 11.1 Å². The molecular weight excluding hydrogens is 416 g/mol. The highest BCUT2D eigenvalue weighted by molar-refractivity contribution is 5.98. The van der Waals surface area contributed by atoms with E-state index in [9.17, 15) is 9.59 Å². The number of carbonyl (C=O) groups is 2. The summed E-state index contributed by atoms with van der Waals surface area (Å²) >= 11 is 0. The maximum Gasteiger partial charge on any atom is 0.335 e. The van der Waals surface area contributed by atoms with E-state index in [4.69, 9.17) is 9.84 Å². The number of carboxylic acid groups (broad SMARTS) is 1. The van der Waals surface area contributed by atoms with E-state index < -0.39 is 5.97 Å². The molecule has 170 valence electrons. The van der Waals surface area contributed by atoms with E-state index in [-0.39, 0.29) is 24.1 Å². The van der Waals surface area contributed by atoms with Crippen molar-refractivity contribution in [1.82, 2.24) is 10.2 Å². The fourth-order valence-electron chi connectivity index (χ4n) is 4.00. The number of hydrogen-bond acceptors (Lipinski definition) is 4. The quantitative estimate of drug-likeness (QED) is 0.534. The van der Waals surface area contributed by atoms with Crippen LogP contribution in [0.5, 0.6) is 5.75 Å². The minimum atomic E-state index is -0.981. The Kier molecular flexibility index (Phi) is 7.05. The molecule has 6 nitrogen and oxygen atoms in total. The first-order valence-electron chi connectivity index (χ1n) is 11.1. The zero-order valence-corrected chi connectivity index (χ0v) is 18.7. The molecule has 1 saturated heterocycles. The summed E-state index contributed by atoms with van der Waals surface area (Å²) in [4.78, 5) is 26.6. The summed E-state index contributed by atoms with van der Waals surface area (Å²) in [6, 6.07) is 20.4. The van der Waals surface area contributed by atoms with Gasteiger partial charge < -0.3 is 20.1 Å². The van der Waals surface area contributed by atoms with E-state index >= 15 is 0 Å². The van der Waals surface area contributed by atoms with Crippen molar-refractivity contribution in [2.45, 2.75) is 18.9 Å². The van der Waals surface area contributed by atoms with E-state index in [1.54, 1.807) is 18.2 Å². The van der Waals surface area contributed by atoms with Gasteiger partial charge in [0.15, 0.2) is 0 Å². The number of carboxylic acids is 1. The van der Waals surface area contributed by atoms with Crippen molar-refractivity contribution in [3.63, 3.8) is 0 Å². The number of piperidine rings is 1. The van der Waals surface area contributed by atoms with Gasteiger partial charge in [-0.1, -0.05) is 48.5 Å². The molecule has 0 radical (unpaired) electrons. The molecule has 1 fully saturated rings. The third kappa shape index (κ3) is 5.79. The normalized spacial score (nSPS) is 15.4. The number of nitrogens with one attached hydrogen (secondary N) is 1. The van der Waals surface area contributed by atoms with Crippen molar-refractivity contribution < 1.29 is 19.4 Å². The van der Waals surface area contributed by atoms with Crippen molar-refractivity contribution in [2.75, 3.05) is 26.7 Å². The Balaban J connectivity index is 1.56. The van der Waals surface area contributed by atoms with Gasteiger partial charge in [0.2, 0.25) is 0 Å². The summed E-state index contributed by atoms with van der Waals surface area (Å²) in [6.07, 6.45) is 3.58. The number of benzene rings is 3. The molecule has 1 aliphatic heterocycles. The number of likely N-dealkylation sites (tertiary alicyclic amines) is 1. The molecule has 3 aromatic carbocycles. The maximum atomic E-state index is 13.2. The number of fused-ring (bicyclic) bond motifs is 1. The molecule has 0 spiro atoms. The molecule has 6 heteroatoms. The van der Waals surface area contributed by atoms with Crippen molar-refractivity contribution in [3.05, 3.63) is 83.4 Å². The molecule has 33 heavy (non-hydrogen) atoms. The minimum absolute atomic E-state index is 0.104. The molecule has 1 aliphatic rings. The lowest BCUT2D eigenvalue weighted by Crippen LogP contribution is -2.44. The predicted octanol–water partition coefficient (Wildman–Crippen LogP) is 4.21. The monoisotopic (exact) mass is 444 g/mol. The smallest absolute Gasteiger partial charge is 0.335 e. The van der Waals surface area contributed by atoms with E-state index in [0.717, 1.165) is 42.3 Å². The van der Waals surface area contributed by atoms with Gasteiger partial charge in [-0.2, -0.15) is 0 Å². The minimum Gasteiger partial charge on any atom is -0.488 e. The van der Waals surface area contributed by atoms with Crippen molar-refractivity contribution >= 4 is 28.7 Å². The van der Waals surface area contributed by atoms with Gasteiger partial charge in [0.1, 0.15) is 12.4 Å². The Morgan fingerprint density at radius 1 is 1.03 bits per heavy atom. The summed E-state index contributed by atoms with van der Waals surface area (Å²) in [5.74, 6) is -0.426. The van der Waals surface area contributed by atoms with Gasteiger partial charge in [-0.15, -0.1) is 0 Å². The Hall–Kier alpha value is -3.64. The van der Waals surface area contributed by atoms with Crippen LogP contribution in [-0.4, -0.2) is 54.7 Å². The molecular formula is C27H28N2O4. The highest BCUT2D eigenvalue weighted by atomic mass is 16.5. The molecule has 4 rings (SSSR count). The van der Waals surface area contributed by atoms with Crippen LogP contribution in [0.15, 0.2) is 72.3 Å². The fourth-order valence-corrected chi connectivity index (χ4v) is 4.00. The Labute approximate surface area is 193 Å². The van der Waals surface area contributed by atoms with Gasteiger partial charge in [-0.3, -0.25) is 4.79 Å². The largest absolute Gasteiger partial charge is 0.488 e. The lowest BCUT2D eigenvalue weighted by Gasteiger charge is -2.29. The third-order valence-electron chi connectivity index (χ3n) is 5.98. The first-order chi connectivity index (χ1) is 16.0. The highest BCUT2D eigenvalue weighted by Gasteiger charge is 2.21. The molecule has 0 atom stereocenters. The average molecular weight is 445 g/mol. The molecule has 0 bridgehead atoms. The van der Waals surface area contributed by atoms with Gasteiger partial charge in [0, 0.05) is 11.4 Å². The second-order valence-corrected chi connectivity index (χ2v) is 8.41. The van der Waals surface area contributed by atoms with Gasteiger partial charge in [-0.05, 0) is 68.2 Å². The number of amides is 1. The summed E-state index contributed by atoms with van der Waals surface area (Å²) < 4.78 is 6.11. The zero-order valence-electron chi connectivity index (χ0n) is 18.7. The zero-order chi connectivity index (χ0) is 23.2. The summed E-state index contributed by atoms with van der Waals surface area (Å²) in [6.45, 7) is 2.01. The lowest BCUT2D eigenvalue weighted by atomic mass is 10.0. The first-order valence-corrected chi connectivity index (χ1v) is 11.1. The number of hydrogen-bond donors (Lipinski definition) is 2. The lowest BCUT2D eigenvalue weighted by molar-refractivity contribution is -0.118. The Morgan fingerprint density at radius 2 is 1.73 bits per heavy atom.